The lowest BCUT2D eigenvalue weighted by Crippen LogP contribution is -2.40. The van der Waals surface area contributed by atoms with Gasteiger partial charge in [0.1, 0.15) is 0 Å². The summed E-state index contributed by atoms with van der Waals surface area (Å²) in [6.07, 6.45) is 1.41. The van der Waals surface area contributed by atoms with Gasteiger partial charge in [0.2, 0.25) is 5.91 Å². The van der Waals surface area contributed by atoms with Crippen LogP contribution in [0.3, 0.4) is 0 Å². The number of benzene rings is 1. The molecule has 0 radical (unpaired) electrons. The summed E-state index contributed by atoms with van der Waals surface area (Å²) in [4.78, 5) is 14.0. The first-order valence-electron chi connectivity index (χ1n) is 7.42. The molecular formula is C17H25NO2. The third-order valence-electron chi connectivity index (χ3n) is 3.81. The van der Waals surface area contributed by atoms with E-state index in [0.29, 0.717) is 19.6 Å². The molecule has 0 N–H and O–H groups in total. The smallest absolute Gasteiger partial charge is 0.223 e. The maximum absolute atomic E-state index is 12.1. The molecule has 110 valence electrons. The minimum Gasteiger partial charge on any atom is -0.378 e. The lowest BCUT2D eigenvalue weighted by molar-refractivity contribution is -0.135. The van der Waals surface area contributed by atoms with E-state index in [9.17, 15) is 4.79 Å². The van der Waals surface area contributed by atoms with E-state index in [1.807, 2.05) is 4.90 Å². The lowest BCUT2D eigenvalue weighted by Gasteiger charge is -2.26. The highest BCUT2D eigenvalue weighted by atomic mass is 16.5. The standard InChI is InChI=1S/C17H25NO2/c1-17(2,3)15-7-4-14(5-8-15)6-9-16(19)18-10-12-20-13-11-18/h4-5,7-8H,6,9-13H2,1-3H3. The van der Waals surface area contributed by atoms with Crippen LogP contribution in [0.2, 0.25) is 0 Å². The van der Waals surface area contributed by atoms with Crippen LogP contribution in [0, 0.1) is 0 Å². The Kier molecular flexibility index (Phi) is 4.81. The number of nitrogens with zero attached hydrogens (tertiary/aromatic N) is 1. The van der Waals surface area contributed by atoms with E-state index < -0.39 is 0 Å². The average Bonchev–Trinajstić information content (AvgIpc) is 2.45. The number of rotatable bonds is 3. The molecule has 3 heteroatoms. The van der Waals surface area contributed by atoms with E-state index in [2.05, 4.69) is 45.0 Å². The molecule has 0 aliphatic carbocycles. The second-order valence-corrected chi connectivity index (χ2v) is 6.44. The molecule has 3 nitrogen and oxygen atoms in total. The second-order valence-electron chi connectivity index (χ2n) is 6.44. The molecule has 1 aromatic rings. The summed E-state index contributed by atoms with van der Waals surface area (Å²) in [5.74, 6) is 0.244. The first-order chi connectivity index (χ1) is 9.47. The van der Waals surface area contributed by atoms with Crippen molar-refractivity contribution >= 4 is 5.91 Å². The fourth-order valence-electron chi connectivity index (χ4n) is 2.39. The summed E-state index contributed by atoms with van der Waals surface area (Å²) in [5, 5.41) is 0. The van der Waals surface area contributed by atoms with Gasteiger partial charge >= 0.3 is 0 Å². The Labute approximate surface area is 121 Å². The van der Waals surface area contributed by atoms with Crippen LogP contribution < -0.4 is 0 Å². The fraction of sp³-hybridized carbons (Fsp3) is 0.588. The Morgan fingerprint density at radius 1 is 1.15 bits per heavy atom. The number of amides is 1. The predicted octanol–water partition coefficient (Wildman–Crippen LogP) is 2.78. The van der Waals surface area contributed by atoms with Gasteiger partial charge in [-0.15, -0.1) is 0 Å². The van der Waals surface area contributed by atoms with Crippen LogP contribution in [0.15, 0.2) is 24.3 Å². The van der Waals surface area contributed by atoms with Crippen LogP contribution in [0.25, 0.3) is 0 Å². The van der Waals surface area contributed by atoms with Crippen LogP contribution in [0.5, 0.6) is 0 Å². The van der Waals surface area contributed by atoms with E-state index in [-0.39, 0.29) is 11.3 Å². The van der Waals surface area contributed by atoms with Gasteiger partial charge in [-0.25, -0.2) is 0 Å². The van der Waals surface area contributed by atoms with Crippen molar-refractivity contribution in [3.8, 4) is 0 Å². The monoisotopic (exact) mass is 275 g/mol. The number of aryl methyl sites for hydroxylation is 1. The van der Waals surface area contributed by atoms with Crippen molar-refractivity contribution in [3.05, 3.63) is 35.4 Å². The number of hydrogen-bond acceptors (Lipinski definition) is 2. The van der Waals surface area contributed by atoms with E-state index in [1.54, 1.807) is 0 Å². The first kappa shape index (κ1) is 15.0. The molecule has 1 aliphatic heterocycles. The molecule has 1 aromatic carbocycles. The molecule has 1 aliphatic rings. The zero-order valence-electron chi connectivity index (χ0n) is 12.8. The van der Waals surface area contributed by atoms with Crippen molar-refractivity contribution in [2.24, 2.45) is 0 Å². The van der Waals surface area contributed by atoms with Gasteiger partial charge in [-0.3, -0.25) is 4.79 Å². The van der Waals surface area contributed by atoms with Crippen LogP contribution in [-0.2, 0) is 21.4 Å². The lowest BCUT2D eigenvalue weighted by atomic mass is 9.86. The maximum Gasteiger partial charge on any atom is 0.223 e. The van der Waals surface area contributed by atoms with E-state index in [0.717, 1.165) is 19.5 Å². The van der Waals surface area contributed by atoms with Gasteiger partial charge in [0.05, 0.1) is 13.2 Å². The Bertz CT molecular complexity index is 439. The van der Waals surface area contributed by atoms with Crippen LogP contribution in [0.1, 0.15) is 38.3 Å². The summed E-state index contributed by atoms with van der Waals surface area (Å²) in [5.41, 5.74) is 2.75. The van der Waals surface area contributed by atoms with Crippen molar-refractivity contribution in [3.63, 3.8) is 0 Å². The summed E-state index contributed by atoms with van der Waals surface area (Å²) < 4.78 is 5.26. The topological polar surface area (TPSA) is 29.5 Å². The Morgan fingerprint density at radius 3 is 2.30 bits per heavy atom. The van der Waals surface area contributed by atoms with Crippen molar-refractivity contribution in [2.75, 3.05) is 26.3 Å². The molecule has 0 bridgehead atoms. The number of hydrogen-bond donors (Lipinski definition) is 0. The molecule has 0 aromatic heterocycles. The van der Waals surface area contributed by atoms with Gasteiger partial charge in [-0.2, -0.15) is 0 Å². The first-order valence-corrected chi connectivity index (χ1v) is 7.42. The van der Waals surface area contributed by atoms with Crippen LogP contribution in [0.4, 0.5) is 0 Å². The maximum atomic E-state index is 12.1. The Hall–Kier alpha value is -1.35. The van der Waals surface area contributed by atoms with Crippen molar-refractivity contribution in [2.45, 2.75) is 39.0 Å². The molecule has 0 unspecified atom stereocenters. The zero-order valence-corrected chi connectivity index (χ0v) is 12.8. The van der Waals surface area contributed by atoms with Crippen molar-refractivity contribution < 1.29 is 9.53 Å². The Balaban J connectivity index is 1.86. The molecule has 1 fully saturated rings. The largest absolute Gasteiger partial charge is 0.378 e. The van der Waals surface area contributed by atoms with Crippen molar-refractivity contribution in [1.82, 2.24) is 4.90 Å². The molecule has 0 saturated carbocycles. The van der Waals surface area contributed by atoms with Gasteiger partial charge in [0, 0.05) is 19.5 Å². The highest BCUT2D eigenvalue weighted by Crippen LogP contribution is 2.22. The molecule has 1 saturated heterocycles. The van der Waals surface area contributed by atoms with Gasteiger partial charge in [0.25, 0.3) is 0 Å². The van der Waals surface area contributed by atoms with E-state index >= 15 is 0 Å². The number of carbonyl (C=O) groups is 1. The minimum absolute atomic E-state index is 0.183. The number of carbonyl (C=O) groups excluding carboxylic acids is 1. The summed E-state index contributed by atoms with van der Waals surface area (Å²) in [6.45, 7) is 9.46. The molecular weight excluding hydrogens is 250 g/mol. The van der Waals surface area contributed by atoms with Crippen LogP contribution in [-0.4, -0.2) is 37.1 Å². The summed E-state index contributed by atoms with van der Waals surface area (Å²) in [7, 11) is 0. The number of ether oxygens (including phenoxy) is 1. The average molecular weight is 275 g/mol. The third-order valence-corrected chi connectivity index (χ3v) is 3.81. The van der Waals surface area contributed by atoms with Gasteiger partial charge in [0.15, 0.2) is 0 Å². The normalized spacial score (nSPS) is 16.2. The Morgan fingerprint density at radius 2 is 1.75 bits per heavy atom. The SMILES string of the molecule is CC(C)(C)c1ccc(CCC(=O)N2CCOCC2)cc1. The third kappa shape index (κ3) is 4.07. The van der Waals surface area contributed by atoms with Gasteiger partial charge in [-0.05, 0) is 23.0 Å². The molecule has 1 amide bonds. The molecule has 1 heterocycles. The summed E-state index contributed by atoms with van der Waals surface area (Å²) >= 11 is 0. The van der Waals surface area contributed by atoms with Crippen LogP contribution >= 0.6 is 0 Å². The minimum atomic E-state index is 0.183. The van der Waals surface area contributed by atoms with E-state index in [4.69, 9.17) is 4.74 Å². The predicted molar refractivity (Wildman–Crippen MR) is 80.9 cm³/mol. The number of morpholine rings is 1. The molecule has 0 atom stereocenters. The summed E-state index contributed by atoms with van der Waals surface area (Å²) in [6, 6.07) is 8.64. The highest BCUT2D eigenvalue weighted by molar-refractivity contribution is 5.76. The highest BCUT2D eigenvalue weighted by Gasteiger charge is 2.17. The van der Waals surface area contributed by atoms with E-state index in [1.165, 1.54) is 11.1 Å². The quantitative estimate of drug-likeness (QED) is 0.849. The second kappa shape index (κ2) is 6.40. The van der Waals surface area contributed by atoms with Crippen molar-refractivity contribution in [1.29, 1.82) is 0 Å². The van der Waals surface area contributed by atoms with Gasteiger partial charge < -0.3 is 9.64 Å². The van der Waals surface area contributed by atoms with Gasteiger partial charge in [-0.1, -0.05) is 45.0 Å². The molecule has 0 spiro atoms. The fourth-order valence-corrected chi connectivity index (χ4v) is 2.39. The zero-order chi connectivity index (χ0) is 14.6. The molecule has 20 heavy (non-hydrogen) atoms. The molecule has 2 rings (SSSR count).